The van der Waals surface area contributed by atoms with Crippen LogP contribution in [-0.2, 0) is 6.54 Å². The summed E-state index contributed by atoms with van der Waals surface area (Å²) in [4.78, 5) is 1.87. The Morgan fingerprint density at radius 3 is 2.74 bits per heavy atom. The number of benzene rings is 2. The monoisotopic (exact) mass is 274 g/mol. The second-order valence-electron chi connectivity index (χ2n) is 4.30. The fraction of sp³-hybridized carbons (Fsp3) is 0.133. The summed E-state index contributed by atoms with van der Waals surface area (Å²) in [5.74, 6) is -0.410. The predicted molar refractivity (Wildman–Crippen MR) is 74.7 cm³/mol. The highest BCUT2D eigenvalue weighted by Gasteiger charge is 2.06. The van der Waals surface area contributed by atoms with Gasteiger partial charge in [-0.25, -0.2) is 4.39 Å². The van der Waals surface area contributed by atoms with Crippen LogP contribution in [0.2, 0.25) is 5.02 Å². The molecule has 0 spiro atoms. The Hall–Kier alpha value is -2.05. The van der Waals surface area contributed by atoms with Crippen LogP contribution in [0.25, 0.3) is 0 Å². The number of hydrogen-bond acceptors (Lipinski definition) is 2. The molecule has 0 unspecified atom stereocenters. The fourth-order valence-electron chi connectivity index (χ4n) is 1.86. The molecule has 0 aliphatic carbocycles. The molecule has 0 heterocycles. The van der Waals surface area contributed by atoms with E-state index in [0.717, 1.165) is 5.56 Å². The molecule has 0 atom stereocenters. The van der Waals surface area contributed by atoms with Crippen molar-refractivity contribution in [2.24, 2.45) is 0 Å². The summed E-state index contributed by atoms with van der Waals surface area (Å²) >= 11 is 5.93. The number of hydrogen-bond donors (Lipinski definition) is 0. The van der Waals surface area contributed by atoms with Crippen molar-refractivity contribution in [2.75, 3.05) is 11.9 Å². The summed E-state index contributed by atoms with van der Waals surface area (Å²) < 4.78 is 13.4. The van der Waals surface area contributed by atoms with Crippen molar-refractivity contribution in [3.05, 3.63) is 64.4 Å². The van der Waals surface area contributed by atoms with Gasteiger partial charge in [-0.3, -0.25) is 0 Å². The minimum atomic E-state index is -0.410. The molecular weight excluding hydrogens is 263 g/mol. The molecule has 0 amide bonds. The second kappa shape index (κ2) is 5.73. The standard InChI is InChI=1S/C15H12ClFN2/c1-19(10-11-3-2-4-13(16)5-11)15-7-12(9-18)6-14(17)8-15/h2-8H,10H2,1H3. The first kappa shape index (κ1) is 13.4. The summed E-state index contributed by atoms with van der Waals surface area (Å²) in [7, 11) is 1.84. The normalized spacial score (nSPS) is 10.0. The van der Waals surface area contributed by atoms with Gasteiger partial charge in [-0.1, -0.05) is 23.7 Å². The molecule has 0 bridgehead atoms. The number of halogens is 2. The molecular formula is C15H12ClFN2. The zero-order chi connectivity index (χ0) is 13.8. The molecule has 2 aromatic rings. The molecule has 19 heavy (non-hydrogen) atoms. The molecule has 0 aliphatic rings. The van der Waals surface area contributed by atoms with Crippen LogP contribution in [0, 0.1) is 17.1 Å². The van der Waals surface area contributed by atoms with E-state index in [1.165, 1.54) is 12.1 Å². The van der Waals surface area contributed by atoms with Crippen molar-refractivity contribution >= 4 is 17.3 Å². The molecule has 0 radical (unpaired) electrons. The van der Waals surface area contributed by atoms with Crippen LogP contribution < -0.4 is 4.90 Å². The van der Waals surface area contributed by atoms with E-state index in [1.54, 1.807) is 12.1 Å². The SMILES string of the molecule is CN(Cc1cccc(Cl)c1)c1cc(F)cc(C#N)c1. The molecule has 0 fully saturated rings. The van der Waals surface area contributed by atoms with Crippen molar-refractivity contribution in [2.45, 2.75) is 6.54 Å². The highest BCUT2D eigenvalue weighted by Crippen LogP contribution is 2.20. The van der Waals surface area contributed by atoms with E-state index < -0.39 is 5.82 Å². The number of anilines is 1. The summed E-state index contributed by atoms with van der Waals surface area (Å²) in [5.41, 5.74) is 2.00. The molecule has 2 rings (SSSR count). The van der Waals surface area contributed by atoms with Crippen molar-refractivity contribution in [3.8, 4) is 6.07 Å². The molecule has 0 aromatic heterocycles. The minimum Gasteiger partial charge on any atom is -0.370 e. The molecule has 4 heteroatoms. The van der Waals surface area contributed by atoms with Gasteiger partial charge in [-0.05, 0) is 35.9 Å². The Morgan fingerprint density at radius 1 is 1.26 bits per heavy atom. The van der Waals surface area contributed by atoms with Gasteiger partial charge in [0.2, 0.25) is 0 Å². The van der Waals surface area contributed by atoms with E-state index in [2.05, 4.69) is 0 Å². The van der Waals surface area contributed by atoms with Crippen LogP contribution in [0.1, 0.15) is 11.1 Å². The Bertz CT molecular complexity index is 634. The molecule has 96 valence electrons. The van der Waals surface area contributed by atoms with Crippen LogP contribution in [0.15, 0.2) is 42.5 Å². The average molecular weight is 275 g/mol. The van der Waals surface area contributed by atoms with E-state index in [0.29, 0.717) is 22.8 Å². The van der Waals surface area contributed by atoms with Crippen LogP contribution in [0.3, 0.4) is 0 Å². The average Bonchev–Trinajstić information content (AvgIpc) is 2.38. The van der Waals surface area contributed by atoms with E-state index >= 15 is 0 Å². The highest BCUT2D eigenvalue weighted by molar-refractivity contribution is 6.30. The van der Waals surface area contributed by atoms with E-state index in [1.807, 2.05) is 36.2 Å². The third kappa shape index (κ3) is 3.46. The van der Waals surface area contributed by atoms with Gasteiger partial charge < -0.3 is 4.90 Å². The van der Waals surface area contributed by atoms with Crippen LogP contribution in [0.5, 0.6) is 0 Å². The van der Waals surface area contributed by atoms with Crippen molar-refractivity contribution < 1.29 is 4.39 Å². The first-order valence-corrected chi connectivity index (χ1v) is 6.12. The maximum absolute atomic E-state index is 13.4. The lowest BCUT2D eigenvalue weighted by Gasteiger charge is -2.19. The van der Waals surface area contributed by atoms with Gasteiger partial charge >= 0.3 is 0 Å². The largest absolute Gasteiger partial charge is 0.370 e. The van der Waals surface area contributed by atoms with E-state index in [9.17, 15) is 4.39 Å². The quantitative estimate of drug-likeness (QED) is 0.846. The Balaban J connectivity index is 2.23. The second-order valence-corrected chi connectivity index (χ2v) is 4.73. The lowest BCUT2D eigenvalue weighted by atomic mass is 10.1. The molecule has 0 N–H and O–H groups in total. The van der Waals surface area contributed by atoms with Crippen LogP contribution in [-0.4, -0.2) is 7.05 Å². The van der Waals surface area contributed by atoms with Gasteiger partial charge in [0, 0.05) is 24.3 Å². The molecule has 0 aliphatic heterocycles. The minimum absolute atomic E-state index is 0.313. The van der Waals surface area contributed by atoms with Crippen molar-refractivity contribution in [1.82, 2.24) is 0 Å². The lowest BCUT2D eigenvalue weighted by Crippen LogP contribution is -2.16. The van der Waals surface area contributed by atoms with Gasteiger partial charge in [0.05, 0.1) is 11.6 Å². The van der Waals surface area contributed by atoms with Gasteiger partial charge in [0.25, 0.3) is 0 Å². The Kier molecular flexibility index (Phi) is 4.03. The summed E-state index contributed by atoms with van der Waals surface area (Å²) in [6, 6.07) is 13.7. The van der Waals surface area contributed by atoms with Crippen molar-refractivity contribution in [3.63, 3.8) is 0 Å². The summed E-state index contributed by atoms with van der Waals surface area (Å²) in [6.45, 7) is 0.592. The smallest absolute Gasteiger partial charge is 0.126 e. The third-order valence-corrected chi connectivity index (χ3v) is 3.00. The topological polar surface area (TPSA) is 27.0 Å². The Labute approximate surface area is 116 Å². The first-order valence-electron chi connectivity index (χ1n) is 5.75. The predicted octanol–water partition coefficient (Wildman–Crippen LogP) is 3.99. The zero-order valence-electron chi connectivity index (χ0n) is 10.4. The fourth-order valence-corrected chi connectivity index (χ4v) is 2.07. The maximum Gasteiger partial charge on any atom is 0.126 e. The van der Waals surface area contributed by atoms with Gasteiger partial charge in [-0.2, -0.15) is 5.26 Å². The molecule has 0 saturated carbocycles. The molecule has 2 aromatic carbocycles. The maximum atomic E-state index is 13.4. The molecule has 0 saturated heterocycles. The van der Waals surface area contributed by atoms with E-state index in [4.69, 9.17) is 16.9 Å². The summed E-state index contributed by atoms with van der Waals surface area (Å²) in [5, 5.41) is 9.51. The van der Waals surface area contributed by atoms with Gasteiger partial charge in [0.1, 0.15) is 5.82 Å². The first-order chi connectivity index (χ1) is 9.08. The lowest BCUT2D eigenvalue weighted by molar-refractivity contribution is 0.626. The van der Waals surface area contributed by atoms with Gasteiger partial charge in [-0.15, -0.1) is 0 Å². The Morgan fingerprint density at radius 2 is 2.05 bits per heavy atom. The van der Waals surface area contributed by atoms with Crippen LogP contribution >= 0.6 is 11.6 Å². The van der Waals surface area contributed by atoms with Crippen LogP contribution in [0.4, 0.5) is 10.1 Å². The third-order valence-electron chi connectivity index (χ3n) is 2.76. The number of nitriles is 1. The number of rotatable bonds is 3. The molecule has 2 nitrogen and oxygen atoms in total. The van der Waals surface area contributed by atoms with E-state index in [-0.39, 0.29) is 0 Å². The highest BCUT2D eigenvalue weighted by atomic mass is 35.5. The summed E-state index contributed by atoms with van der Waals surface area (Å²) in [6.07, 6.45) is 0. The number of nitrogens with zero attached hydrogens (tertiary/aromatic N) is 2. The van der Waals surface area contributed by atoms with Crippen molar-refractivity contribution in [1.29, 1.82) is 5.26 Å². The van der Waals surface area contributed by atoms with Gasteiger partial charge in [0.15, 0.2) is 0 Å². The zero-order valence-corrected chi connectivity index (χ0v) is 11.2.